The second-order valence-corrected chi connectivity index (χ2v) is 8.92. The number of hydrogen-bond donors (Lipinski definition) is 3. The summed E-state index contributed by atoms with van der Waals surface area (Å²) in [5.74, 6) is -0.733. The molecule has 7 nitrogen and oxygen atoms in total. The molecule has 10 heteroatoms. The maximum atomic E-state index is 12.7. The average Bonchev–Trinajstić information content (AvgIpc) is 3.18. The Balaban J connectivity index is 1.37. The van der Waals surface area contributed by atoms with Crippen molar-refractivity contribution in [2.75, 3.05) is 12.4 Å². The van der Waals surface area contributed by atoms with Crippen molar-refractivity contribution in [2.45, 2.75) is 0 Å². The minimum absolute atomic E-state index is 0.294. The number of carbonyl (C=O) groups is 3. The van der Waals surface area contributed by atoms with Gasteiger partial charge in [-0.25, -0.2) is 0 Å². The number of fused-ring (bicyclic) bond motifs is 1. The lowest BCUT2D eigenvalue weighted by Crippen LogP contribution is -2.41. The third-order valence-electron chi connectivity index (χ3n) is 4.84. The zero-order chi connectivity index (χ0) is 24.2. The van der Waals surface area contributed by atoms with Gasteiger partial charge in [0, 0.05) is 31.9 Å². The standard InChI is InChI=1S/C24H17Cl2N3O4S/c1-33-17-9-4-14(5-10-17)23(31)29-28-22(30)13-2-7-16(8-3-13)27-24(32)21-20(26)18-11-6-15(25)12-19(18)34-21/h2-12H,1H3,(H,27,32)(H,28,30)(H,29,31). The van der Waals surface area contributed by atoms with Gasteiger partial charge < -0.3 is 10.1 Å². The van der Waals surface area contributed by atoms with Crippen LogP contribution in [0.5, 0.6) is 5.75 Å². The van der Waals surface area contributed by atoms with Gasteiger partial charge in [0.25, 0.3) is 17.7 Å². The molecule has 0 bridgehead atoms. The number of anilines is 1. The zero-order valence-corrected chi connectivity index (χ0v) is 20.0. The molecule has 4 rings (SSSR count). The van der Waals surface area contributed by atoms with Crippen molar-refractivity contribution in [1.82, 2.24) is 10.9 Å². The summed E-state index contributed by atoms with van der Waals surface area (Å²) in [4.78, 5) is 37.6. The van der Waals surface area contributed by atoms with E-state index in [2.05, 4.69) is 16.2 Å². The van der Waals surface area contributed by atoms with Gasteiger partial charge in [0.15, 0.2) is 0 Å². The normalized spacial score (nSPS) is 10.6. The lowest BCUT2D eigenvalue weighted by Gasteiger charge is -2.09. The van der Waals surface area contributed by atoms with E-state index in [1.807, 2.05) is 0 Å². The molecule has 172 valence electrons. The lowest BCUT2D eigenvalue weighted by molar-refractivity contribution is 0.0846. The van der Waals surface area contributed by atoms with Crippen LogP contribution < -0.4 is 20.9 Å². The molecule has 0 aliphatic heterocycles. The van der Waals surface area contributed by atoms with Crippen LogP contribution in [0, 0.1) is 0 Å². The van der Waals surface area contributed by atoms with Gasteiger partial charge in [-0.2, -0.15) is 0 Å². The Hall–Kier alpha value is -3.59. The van der Waals surface area contributed by atoms with Gasteiger partial charge in [-0.1, -0.05) is 29.3 Å². The van der Waals surface area contributed by atoms with Crippen LogP contribution in [0.1, 0.15) is 30.4 Å². The number of hydrazine groups is 1. The second-order valence-electron chi connectivity index (χ2n) is 7.05. The molecule has 0 aliphatic rings. The fourth-order valence-corrected chi connectivity index (χ4v) is 4.77. The summed E-state index contributed by atoms with van der Waals surface area (Å²) < 4.78 is 5.86. The van der Waals surface area contributed by atoms with Crippen LogP contribution in [0.15, 0.2) is 66.7 Å². The second kappa shape index (κ2) is 10.1. The number of amides is 3. The lowest BCUT2D eigenvalue weighted by atomic mass is 10.2. The number of carbonyl (C=O) groups excluding carboxylic acids is 3. The van der Waals surface area contributed by atoms with Crippen LogP contribution in [0.4, 0.5) is 5.69 Å². The molecule has 0 aliphatic carbocycles. The van der Waals surface area contributed by atoms with Gasteiger partial charge in [-0.3, -0.25) is 25.2 Å². The van der Waals surface area contributed by atoms with Crippen LogP contribution in [-0.2, 0) is 0 Å². The monoisotopic (exact) mass is 513 g/mol. The quantitative estimate of drug-likeness (QED) is 0.305. The molecule has 0 saturated heterocycles. The highest BCUT2D eigenvalue weighted by Gasteiger charge is 2.18. The van der Waals surface area contributed by atoms with Gasteiger partial charge in [-0.15, -0.1) is 11.3 Å². The number of halogens is 2. The van der Waals surface area contributed by atoms with Crippen molar-refractivity contribution >= 4 is 68.0 Å². The maximum Gasteiger partial charge on any atom is 0.269 e. The molecule has 3 amide bonds. The summed E-state index contributed by atoms with van der Waals surface area (Å²) in [6, 6.07) is 17.9. The molecule has 0 unspecified atom stereocenters. The van der Waals surface area contributed by atoms with Crippen LogP contribution in [-0.4, -0.2) is 24.8 Å². The first kappa shape index (κ1) is 23.6. The number of rotatable bonds is 5. The first-order valence-corrected chi connectivity index (χ1v) is 11.5. The predicted molar refractivity (Wildman–Crippen MR) is 134 cm³/mol. The number of hydrogen-bond acceptors (Lipinski definition) is 5. The molecule has 3 aromatic carbocycles. The fraction of sp³-hybridized carbons (Fsp3) is 0.0417. The van der Waals surface area contributed by atoms with Crippen molar-refractivity contribution in [2.24, 2.45) is 0 Å². The predicted octanol–water partition coefficient (Wildman–Crippen LogP) is 5.54. The Kier molecular flexibility index (Phi) is 7.02. The summed E-state index contributed by atoms with van der Waals surface area (Å²) in [7, 11) is 1.53. The molecule has 1 aromatic heterocycles. The molecule has 34 heavy (non-hydrogen) atoms. The molecule has 0 saturated carbocycles. The number of ether oxygens (including phenoxy) is 1. The summed E-state index contributed by atoms with van der Waals surface area (Å²) in [6.07, 6.45) is 0. The maximum absolute atomic E-state index is 12.7. The number of methoxy groups -OCH3 is 1. The molecule has 4 aromatic rings. The Morgan fingerprint density at radius 2 is 1.38 bits per heavy atom. The van der Waals surface area contributed by atoms with E-state index in [-0.39, 0.29) is 5.91 Å². The van der Waals surface area contributed by atoms with E-state index in [1.165, 1.54) is 30.6 Å². The third kappa shape index (κ3) is 5.14. The van der Waals surface area contributed by atoms with Crippen molar-refractivity contribution in [1.29, 1.82) is 0 Å². The highest BCUT2D eigenvalue weighted by atomic mass is 35.5. The summed E-state index contributed by atoms with van der Waals surface area (Å²) >= 11 is 13.6. The summed E-state index contributed by atoms with van der Waals surface area (Å²) in [5.41, 5.74) is 5.85. The topological polar surface area (TPSA) is 96.5 Å². The zero-order valence-electron chi connectivity index (χ0n) is 17.6. The van der Waals surface area contributed by atoms with Crippen LogP contribution >= 0.6 is 34.5 Å². The Morgan fingerprint density at radius 3 is 1.97 bits per heavy atom. The SMILES string of the molecule is COc1ccc(C(=O)NNC(=O)c2ccc(NC(=O)c3sc4cc(Cl)ccc4c3Cl)cc2)cc1. The number of benzene rings is 3. The molecule has 0 atom stereocenters. The number of thiophene rings is 1. The van der Waals surface area contributed by atoms with E-state index in [9.17, 15) is 14.4 Å². The van der Waals surface area contributed by atoms with Gasteiger partial charge in [0.2, 0.25) is 0 Å². The molecule has 0 radical (unpaired) electrons. The van der Waals surface area contributed by atoms with E-state index in [0.717, 1.165) is 10.1 Å². The molecule has 3 N–H and O–H groups in total. The van der Waals surface area contributed by atoms with E-state index in [1.54, 1.807) is 54.6 Å². The van der Waals surface area contributed by atoms with Gasteiger partial charge >= 0.3 is 0 Å². The molecule has 1 heterocycles. The van der Waals surface area contributed by atoms with Gasteiger partial charge in [-0.05, 0) is 60.7 Å². The smallest absolute Gasteiger partial charge is 0.269 e. The van der Waals surface area contributed by atoms with E-state index >= 15 is 0 Å². The first-order chi connectivity index (χ1) is 16.4. The van der Waals surface area contributed by atoms with Crippen molar-refractivity contribution < 1.29 is 19.1 Å². The van der Waals surface area contributed by atoms with E-state index < -0.39 is 11.8 Å². The van der Waals surface area contributed by atoms with E-state index in [4.69, 9.17) is 27.9 Å². The Labute approximate surface area is 208 Å². The minimum Gasteiger partial charge on any atom is -0.497 e. The number of nitrogens with one attached hydrogen (secondary N) is 3. The molecular weight excluding hydrogens is 497 g/mol. The van der Waals surface area contributed by atoms with Crippen LogP contribution in [0.3, 0.4) is 0 Å². The molecular formula is C24H17Cl2N3O4S. The third-order valence-corrected chi connectivity index (χ3v) is 6.74. The summed E-state index contributed by atoms with van der Waals surface area (Å²) in [5, 5.41) is 4.44. The first-order valence-electron chi connectivity index (χ1n) is 9.89. The van der Waals surface area contributed by atoms with Crippen LogP contribution in [0.2, 0.25) is 10.0 Å². The Bertz CT molecular complexity index is 1390. The van der Waals surface area contributed by atoms with Gasteiger partial charge in [0.1, 0.15) is 10.6 Å². The summed E-state index contributed by atoms with van der Waals surface area (Å²) in [6.45, 7) is 0. The Morgan fingerprint density at radius 1 is 0.794 bits per heavy atom. The van der Waals surface area contributed by atoms with Crippen molar-refractivity contribution in [3.8, 4) is 5.75 Å². The highest BCUT2D eigenvalue weighted by molar-refractivity contribution is 7.21. The molecule has 0 spiro atoms. The van der Waals surface area contributed by atoms with Gasteiger partial charge in [0.05, 0.1) is 12.1 Å². The average molecular weight is 514 g/mol. The minimum atomic E-state index is -0.510. The molecule has 0 fully saturated rings. The fourth-order valence-electron chi connectivity index (χ4n) is 3.08. The van der Waals surface area contributed by atoms with Crippen molar-refractivity contribution in [3.05, 3.63) is 92.8 Å². The van der Waals surface area contributed by atoms with Crippen LogP contribution in [0.25, 0.3) is 10.1 Å². The van der Waals surface area contributed by atoms with Crippen molar-refractivity contribution in [3.63, 3.8) is 0 Å². The largest absolute Gasteiger partial charge is 0.497 e. The van der Waals surface area contributed by atoms with E-state index in [0.29, 0.717) is 37.5 Å². The highest BCUT2D eigenvalue weighted by Crippen LogP contribution is 2.37.